The zero-order chi connectivity index (χ0) is 9.26. The van der Waals surface area contributed by atoms with Gasteiger partial charge in [0.1, 0.15) is 5.69 Å². The largest absolute Gasteiger partial charge is 0.348 e. The Morgan fingerprint density at radius 1 is 1.62 bits per heavy atom. The van der Waals surface area contributed by atoms with Crippen molar-refractivity contribution in [1.82, 2.24) is 10.3 Å². The monoisotopic (exact) mass is 240 g/mol. The van der Waals surface area contributed by atoms with Gasteiger partial charge in [-0.2, -0.15) is 0 Å². The summed E-state index contributed by atoms with van der Waals surface area (Å²) in [5.41, 5.74) is 0.467. The molecule has 0 saturated heterocycles. The van der Waals surface area contributed by atoms with E-state index in [1.54, 1.807) is 12.3 Å². The summed E-state index contributed by atoms with van der Waals surface area (Å²) in [5.74, 6) is -0.0880. The van der Waals surface area contributed by atoms with Gasteiger partial charge in [-0.25, -0.2) is 4.98 Å². The molecule has 4 heteroatoms. The molecule has 0 radical (unpaired) electrons. The van der Waals surface area contributed by atoms with E-state index in [-0.39, 0.29) is 5.91 Å². The molecule has 1 aliphatic rings. The van der Waals surface area contributed by atoms with Gasteiger partial charge in [0.2, 0.25) is 0 Å². The van der Waals surface area contributed by atoms with Crippen molar-refractivity contribution in [2.45, 2.75) is 18.9 Å². The summed E-state index contributed by atoms with van der Waals surface area (Å²) in [5, 5.41) is 2.88. The summed E-state index contributed by atoms with van der Waals surface area (Å²) in [6, 6.07) is 3.98. The number of carbonyl (C=O) groups is 1. The van der Waals surface area contributed by atoms with Crippen molar-refractivity contribution < 1.29 is 4.79 Å². The summed E-state index contributed by atoms with van der Waals surface area (Å²) in [7, 11) is 0. The molecule has 3 nitrogen and oxygen atoms in total. The standard InChI is InChI=1S/C9H9BrN2O/c10-7-2-1-5-11-8(7)9(13)12-6-3-4-6/h1-2,5-6H,3-4H2,(H,12,13). The molecule has 1 heterocycles. The Kier molecular flexibility index (Phi) is 2.31. The first-order valence-electron chi connectivity index (χ1n) is 4.19. The first-order chi connectivity index (χ1) is 6.27. The van der Waals surface area contributed by atoms with E-state index in [1.165, 1.54) is 0 Å². The lowest BCUT2D eigenvalue weighted by Crippen LogP contribution is -2.26. The van der Waals surface area contributed by atoms with Crippen molar-refractivity contribution in [1.29, 1.82) is 0 Å². The Balaban J connectivity index is 2.13. The number of amides is 1. The molecule has 1 fully saturated rings. The lowest BCUT2D eigenvalue weighted by Gasteiger charge is -2.03. The van der Waals surface area contributed by atoms with Crippen LogP contribution in [0.2, 0.25) is 0 Å². The molecule has 0 aromatic carbocycles. The van der Waals surface area contributed by atoms with Crippen LogP contribution in [0.5, 0.6) is 0 Å². The first kappa shape index (κ1) is 8.69. The SMILES string of the molecule is O=C(NC1CC1)c1ncccc1Br. The van der Waals surface area contributed by atoms with Gasteiger partial charge in [0.05, 0.1) is 0 Å². The minimum Gasteiger partial charge on any atom is -0.348 e. The smallest absolute Gasteiger partial charge is 0.271 e. The van der Waals surface area contributed by atoms with Crippen molar-refractivity contribution in [3.63, 3.8) is 0 Å². The molecule has 68 valence electrons. The average molecular weight is 241 g/mol. The number of pyridine rings is 1. The Hall–Kier alpha value is -0.900. The van der Waals surface area contributed by atoms with Gasteiger partial charge in [-0.3, -0.25) is 4.79 Å². The molecule has 1 saturated carbocycles. The molecule has 1 aliphatic carbocycles. The molecular formula is C9H9BrN2O. The third-order valence-corrected chi connectivity index (χ3v) is 2.53. The van der Waals surface area contributed by atoms with E-state index in [1.807, 2.05) is 6.07 Å². The van der Waals surface area contributed by atoms with Gasteiger partial charge in [0.25, 0.3) is 5.91 Å². The minimum atomic E-state index is -0.0880. The van der Waals surface area contributed by atoms with E-state index < -0.39 is 0 Å². The summed E-state index contributed by atoms with van der Waals surface area (Å²) in [4.78, 5) is 15.5. The van der Waals surface area contributed by atoms with Crippen LogP contribution < -0.4 is 5.32 Å². The minimum absolute atomic E-state index is 0.0880. The predicted octanol–water partition coefficient (Wildman–Crippen LogP) is 1.74. The number of rotatable bonds is 2. The Bertz CT molecular complexity index is 336. The second-order valence-electron chi connectivity index (χ2n) is 3.08. The zero-order valence-corrected chi connectivity index (χ0v) is 8.54. The molecule has 1 aromatic rings. The Labute approximate surface area is 84.7 Å². The molecular weight excluding hydrogens is 232 g/mol. The second kappa shape index (κ2) is 3.46. The van der Waals surface area contributed by atoms with E-state index in [0.717, 1.165) is 17.3 Å². The van der Waals surface area contributed by atoms with E-state index in [4.69, 9.17) is 0 Å². The van der Waals surface area contributed by atoms with Crippen molar-refractivity contribution >= 4 is 21.8 Å². The third kappa shape index (κ3) is 2.06. The fourth-order valence-corrected chi connectivity index (χ4v) is 1.47. The quantitative estimate of drug-likeness (QED) is 0.856. The van der Waals surface area contributed by atoms with Crippen molar-refractivity contribution in [3.05, 3.63) is 28.5 Å². The number of hydrogen-bond acceptors (Lipinski definition) is 2. The highest BCUT2D eigenvalue weighted by Gasteiger charge is 2.24. The van der Waals surface area contributed by atoms with Gasteiger partial charge in [0.15, 0.2) is 0 Å². The van der Waals surface area contributed by atoms with E-state index in [0.29, 0.717) is 11.7 Å². The Morgan fingerprint density at radius 2 is 2.38 bits per heavy atom. The molecule has 0 unspecified atom stereocenters. The van der Waals surface area contributed by atoms with E-state index in [2.05, 4.69) is 26.2 Å². The molecule has 1 aromatic heterocycles. The molecule has 1 amide bonds. The van der Waals surface area contributed by atoms with Gasteiger partial charge < -0.3 is 5.32 Å². The van der Waals surface area contributed by atoms with Crippen LogP contribution in [0.4, 0.5) is 0 Å². The van der Waals surface area contributed by atoms with Gasteiger partial charge in [-0.15, -0.1) is 0 Å². The second-order valence-corrected chi connectivity index (χ2v) is 3.94. The maximum atomic E-state index is 11.5. The summed E-state index contributed by atoms with van der Waals surface area (Å²) in [6.45, 7) is 0. The highest BCUT2D eigenvalue weighted by atomic mass is 79.9. The maximum Gasteiger partial charge on any atom is 0.271 e. The topological polar surface area (TPSA) is 42.0 Å². The Morgan fingerprint density at radius 3 is 3.00 bits per heavy atom. The number of nitrogens with one attached hydrogen (secondary N) is 1. The van der Waals surface area contributed by atoms with Gasteiger partial charge in [0, 0.05) is 16.7 Å². The summed E-state index contributed by atoms with van der Waals surface area (Å²) < 4.78 is 0.744. The maximum absolute atomic E-state index is 11.5. The van der Waals surface area contributed by atoms with Crippen LogP contribution in [0.25, 0.3) is 0 Å². The van der Waals surface area contributed by atoms with Crippen LogP contribution in [0, 0.1) is 0 Å². The molecule has 0 bridgehead atoms. The molecule has 13 heavy (non-hydrogen) atoms. The number of aromatic nitrogens is 1. The predicted molar refractivity (Wildman–Crippen MR) is 52.4 cm³/mol. The third-order valence-electron chi connectivity index (χ3n) is 1.89. The van der Waals surface area contributed by atoms with Crippen LogP contribution in [-0.4, -0.2) is 16.9 Å². The summed E-state index contributed by atoms with van der Waals surface area (Å²) in [6.07, 6.45) is 3.80. The number of hydrogen-bond donors (Lipinski definition) is 1. The number of nitrogens with zero attached hydrogens (tertiary/aromatic N) is 1. The van der Waals surface area contributed by atoms with Crippen LogP contribution in [-0.2, 0) is 0 Å². The zero-order valence-electron chi connectivity index (χ0n) is 6.96. The van der Waals surface area contributed by atoms with Crippen LogP contribution in [0.15, 0.2) is 22.8 Å². The van der Waals surface area contributed by atoms with E-state index in [9.17, 15) is 4.79 Å². The van der Waals surface area contributed by atoms with Gasteiger partial charge in [-0.05, 0) is 40.9 Å². The normalized spacial score (nSPS) is 15.5. The molecule has 0 atom stereocenters. The lowest BCUT2D eigenvalue weighted by molar-refractivity contribution is 0.0945. The number of halogens is 1. The van der Waals surface area contributed by atoms with Crippen LogP contribution >= 0.6 is 15.9 Å². The van der Waals surface area contributed by atoms with Crippen molar-refractivity contribution in [2.24, 2.45) is 0 Å². The highest BCUT2D eigenvalue weighted by molar-refractivity contribution is 9.10. The van der Waals surface area contributed by atoms with Gasteiger partial charge >= 0.3 is 0 Å². The summed E-state index contributed by atoms with van der Waals surface area (Å²) >= 11 is 3.28. The lowest BCUT2D eigenvalue weighted by atomic mass is 10.3. The van der Waals surface area contributed by atoms with Crippen LogP contribution in [0.1, 0.15) is 23.3 Å². The average Bonchev–Trinajstić information content (AvgIpc) is 2.89. The highest BCUT2D eigenvalue weighted by Crippen LogP contribution is 2.20. The van der Waals surface area contributed by atoms with Crippen molar-refractivity contribution in [2.75, 3.05) is 0 Å². The van der Waals surface area contributed by atoms with Gasteiger partial charge in [-0.1, -0.05) is 0 Å². The van der Waals surface area contributed by atoms with Crippen LogP contribution in [0.3, 0.4) is 0 Å². The molecule has 2 rings (SSSR count). The number of carbonyl (C=O) groups excluding carboxylic acids is 1. The molecule has 1 N–H and O–H groups in total. The molecule has 0 spiro atoms. The fraction of sp³-hybridized carbons (Fsp3) is 0.333. The fourth-order valence-electron chi connectivity index (χ4n) is 1.03. The first-order valence-corrected chi connectivity index (χ1v) is 4.98. The molecule has 0 aliphatic heterocycles. The van der Waals surface area contributed by atoms with Crippen molar-refractivity contribution in [3.8, 4) is 0 Å². The van der Waals surface area contributed by atoms with E-state index >= 15 is 0 Å².